The van der Waals surface area contributed by atoms with Crippen LogP contribution in [0.3, 0.4) is 0 Å². The Morgan fingerprint density at radius 3 is 2.25 bits per heavy atom. The van der Waals surface area contributed by atoms with Crippen LogP contribution in [-0.2, 0) is 0 Å². The number of rotatable bonds is 3. The van der Waals surface area contributed by atoms with Crippen LogP contribution in [0.1, 0.15) is 88.9 Å². The molecule has 0 spiro atoms. The first-order valence-electron chi connectivity index (χ1n) is 13.1. The van der Waals surface area contributed by atoms with Crippen molar-refractivity contribution in [3.05, 3.63) is 29.8 Å². The van der Waals surface area contributed by atoms with Crippen LogP contribution < -0.4 is 4.90 Å². The second-order valence-electron chi connectivity index (χ2n) is 12.8. The van der Waals surface area contributed by atoms with E-state index in [-0.39, 0.29) is 11.3 Å². The first-order valence-corrected chi connectivity index (χ1v) is 13.1. The van der Waals surface area contributed by atoms with Gasteiger partial charge in [0.2, 0.25) is 0 Å². The molecule has 32 heavy (non-hydrogen) atoms. The van der Waals surface area contributed by atoms with Gasteiger partial charge in [0.1, 0.15) is 0 Å². The standard InChI is InChI=1S/C29H43NO2/c1-27(32)16-17-28(2)20(18-27)8-11-22-23-12-13-25(29(23,3)15-14-24(22)28)26(31)19-6-9-21(10-7-19)30(4)5/h6-7,9-10,20,22-25,32H,8,11-18H2,1-5H3/t20-,22+,23+,24?,25-,27-,28+,29+/m1/s1. The molecule has 0 saturated heterocycles. The van der Waals surface area contributed by atoms with E-state index >= 15 is 0 Å². The molecule has 1 aromatic carbocycles. The summed E-state index contributed by atoms with van der Waals surface area (Å²) in [6, 6.07) is 8.25. The summed E-state index contributed by atoms with van der Waals surface area (Å²) in [5.74, 6) is 3.47. The summed E-state index contributed by atoms with van der Waals surface area (Å²) in [6.07, 6.45) is 10.4. The molecular formula is C29H43NO2. The lowest BCUT2D eigenvalue weighted by molar-refractivity contribution is -0.144. The average molecular weight is 438 g/mol. The maximum Gasteiger partial charge on any atom is 0.166 e. The van der Waals surface area contributed by atoms with Crippen molar-refractivity contribution in [2.45, 2.75) is 84.2 Å². The molecule has 0 heterocycles. The topological polar surface area (TPSA) is 40.5 Å². The van der Waals surface area contributed by atoms with Gasteiger partial charge in [-0.25, -0.2) is 0 Å². The fourth-order valence-electron chi connectivity index (χ4n) is 8.99. The normalized spacial score (nSPS) is 45.5. The van der Waals surface area contributed by atoms with E-state index in [0.717, 1.165) is 42.3 Å². The number of aliphatic hydroxyl groups is 1. The summed E-state index contributed by atoms with van der Waals surface area (Å²) in [7, 11) is 4.08. The van der Waals surface area contributed by atoms with Crippen molar-refractivity contribution in [2.24, 2.45) is 40.4 Å². The predicted molar refractivity (Wildman–Crippen MR) is 131 cm³/mol. The number of hydrogen-bond donors (Lipinski definition) is 1. The molecule has 5 rings (SSSR count). The molecule has 1 N–H and O–H groups in total. The summed E-state index contributed by atoms with van der Waals surface area (Å²) in [4.78, 5) is 15.8. The van der Waals surface area contributed by atoms with Crippen LogP contribution in [0.5, 0.6) is 0 Å². The molecule has 176 valence electrons. The van der Waals surface area contributed by atoms with E-state index in [9.17, 15) is 9.90 Å². The quantitative estimate of drug-likeness (QED) is 0.561. The number of nitrogens with zero attached hydrogens (tertiary/aromatic N) is 1. The highest BCUT2D eigenvalue weighted by Gasteiger charge is 2.61. The van der Waals surface area contributed by atoms with Crippen LogP contribution in [0.2, 0.25) is 0 Å². The minimum Gasteiger partial charge on any atom is -0.390 e. The zero-order valence-electron chi connectivity index (χ0n) is 20.9. The summed E-state index contributed by atoms with van der Waals surface area (Å²) in [6.45, 7) is 7.06. The van der Waals surface area contributed by atoms with Crippen LogP contribution in [0.15, 0.2) is 24.3 Å². The molecule has 1 aromatic rings. The maximum atomic E-state index is 13.7. The van der Waals surface area contributed by atoms with Gasteiger partial charge < -0.3 is 10.0 Å². The Hall–Kier alpha value is -1.35. The Bertz CT molecular complexity index is 874. The van der Waals surface area contributed by atoms with Gasteiger partial charge in [-0.15, -0.1) is 0 Å². The van der Waals surface area contributed by atoms with Crippen molar-refractivity contribution in [3.63, 3.8) is 0 Å². The van der Waals surface area contributed by atoms with Gasteiger partial charge in [0, 0.05) is 31.3 Å². The van der Waals surface area contributed by atoms with E-state index in [1.807, 2.05) is 26.2 Å². The molecule has 4 aliphatic rings. The monoisotopic (exact) mass is 437 g/mol. The molecule has 4 aliphatic carbocycles. The Morgan fingerprint density at radius 1 is 0.875 bits per heavy atom. The average Bonchev–Trinajstić information content (AvgIpc) is 3.11. The van der Waals surface area contributed by atoms with E-state index in [1.54, 1.807) is 0 Å². The van der Waals surface area contributed by atoms with Gasteiger partial charge in [0.15, 0.2) is 5.78 Å². The third kappa shape index (κ3) is 3.37. The van der Waals surface area contributed by atoms with Gasteiger partial charge in [-0.3, -0.25) is 4.79 Å². The zero-order chi connectivity index (χ0) is 22.9. The fraction of sp³-hybridized carbons (Fsp3) is 0.759. The van der Waals surface area contributed by atoms with E-state index in [0.29, 0.717) is 23.0 Å². The Balaban J connectivity index is 1.36. The molecule has 0 amide bonds. The Labute approximate surface area is 195 Å². The third-order valence-electron chi connectivity index (χ3n) is 10.9. The van der Waals surface area contributed by atoms with E-state index in [1.165, 1.54) is 38.5 Å². The molecular weight excluding hydrogens is 394 g/mol. The SMILES string of the molecule is CN(C)c1ccc(C(=O)[C@H]2CC[C@H]3[C@@H]4CC[C@@H]5C[C@](C)(O)CC[C@]5(C)C4CC[C@]23C)cc1. The highest BCUT2D eigenvalue weighted by atomic mass is 16.3. The highest BCUT2D eigenvalue weighted by Crippen LogP contribution is 2.68. The van der Waals surface area contributed by atoms with Gasteiger partial charge in [0.25, 0.3) is 0 Å². The summed E-state index contributed by atoms with van der Waals surface area (Å²) in [5, 5.41) is 10.7. The van der Waals surface area contributed by atoms with Crippen molar-refractivity contribution in [1.29, 1.82) is 0 Å². The molecule has 1 unspecified atom stereocenters. The maximum absolute atomic E-state index is 13.7. The number of Topliss-reactive ketones (excluding diaryl/α,β-unsaturated/α-hetero) is 1. The van der Waals surface area contributed by atoms with Crippen molar-refractivity contribution in [2.75, 3.05) is 19.0 Å². The summed E-state index contributed by atoms with van der Waals surface area (Å²) >= 11 is 0. The van der Waals surface area contributed by atoms with Crippen LogP contribution in [0.25, 0.3) is 0 Å². The summed E-state index contributed by atoms with van der Waals surface area (Å²) < 4.78 is 0. The van der Waals surface area contributed by atoms with Gasteiger partial charge in [-0.2, -0.15) is 0 Å². The molecule has 0 bridgehead atoms. The lowest BCUT2D eigenvalue weighted by Gasteiger charge is -2.61. The highest BCUT2D eigenvalue weighted by molar-refractivity contribution is 5.98. The molecule has 3 heteroatoms. The third-order valence-corrected chi connectivity index (χ3v) is 10.9. The molecule has 8 atom stereocenters. The largest absolute Gasteiger partial charge is 0.390 e. The van der Waals surface area contributed by atoms with E-state index < -0.39 is 5.60 Å². The van der Waals surface area contributed by atoms with Crippen molar-refractivity contribution < 1.29 is 9.90 Å². The lowest BCUT2D eigenvalue weighted by atomic mass is 9.44. The van der Waals surface area contributed by atoms with Gasteiger partial charge in [0.05, 0.1) is 5.60 Å². The van der Waals surface area contributed by atoms with Crippen LogP contribution in [0, 0.1) is 40.4 Å². The zero-order valence-corrected chi connectivity index (χ0v) is 20.9. The predicted octanol–water partition coefficient (Wildman–Crippen LogP) is 6.35. The number of benzene rings is 1. The van der Waals surface area contributed by atoms with Crippen LogP contribution in [-0.4, -0.2) is 30.6 Å². The van der Waals surface area contributed by atoms with Gasteiger partial charge >= 0.3 is 0 Å². The molecule has 4 fully saturated rings. The number of anilines is 1. The van der Waals surface area contributed by atoms with Crippen LogP contribution in [0.4, 0.5) is 5.69 Å². The number of fused-ring (bicyclic) bond motifs is 5. The molecule has 0 radical (unpaired) electrons. The smallest absolute Gasteiger partial charge is 0.166 e. The molecule has 0 aliphatic heterocycles. The lowest BCUT2D eigenvalue weighted by Crippen LogP contribution is -2.55. The Morgan fingerprint density at radius 2 is 1.56 bits per heavy atom. The number of carbonyl (C=O) groups is 1. The first-order chi connectivity index (χ1) is 15.1. The van der Waals surface area contributed by atoms with Crippen molar-refractivity contribution in [3.8, 4) is 0 Å². The number of ketones is 1. The number of carbonyl (C=O) groups excluding carboxylic acids is 1. The molecule has 0 aromatic heterocycles. The second kappa shape index (κ2) is 7.58. The molecule has 4 saturated carbocycles. The number of hydrogen-bond acceptors (Lipinski definition) is 3. The van der Waals surface area contributed by atoms with Gasteiger partial charge in [-0.1, -0.05) is 13.8 Å². The van der Waals surface area contributed by atoms with Gasteiger partial charge in [-0.05, 0) is 123 Å². The van der Waals surface area contributed by atoms with E-state index in [4.69, 9.17) is 0 Å². The fourth-order valence-corrected chi connectivity index (χ4v) is 8.99. The minimum absolute atomic E-state index is 0.155. The Kier molecular flexibility index (Phi) is 5.32. The second-order valence-corrected chi connectivity index (χ2v) is 12.8. The summed E-state index contributed by atoms with van der Waals surface area (Å²) in [5.41, 5.74) is 2.12. The first kappa shape index (κ1) is 22.4. The van der Waals surface area contributed by atoms with Crippen LogP contribution >= 0.6 is 0 Å². The molecule has 3 nitrogen and oxygen atoms in total. The van der Waals surface area contributed by atoms with E-state index in [2.05, 4.69) is 37.8 Å². The van der Waals surface area contributed by atoms with Crippen molar-refractivity contribution >= 4 is 11.5 Å². The minimum atomic E-state index is -0.465. The van der Waals surface area contributed by atoms with Crippen molar-refractivity contribution in [1.82, 2.24) is 0 Å².